The summed E-state index contributed by atoms with van der Waals surface area (Å²) >= 11 is 3.50. The molecular formula is C13H15Br. The standard InChI is InChI=1S/C13H15Br/c1-10(11-5-2-3-6-11)12-7-4-8-13(14)9-12/h4,7-9,11H,1-3,5-6H2. The van der Waals surface area contributed by atoms with Gasteiger partial charge in [0.1, 0.15) is 0 Å². The van der Waals surface area contributed by atoms with Crippen molar-refractivity contribution >= 4 is 21.5 Å². The van der Waals surface area contributed by atoms with Gasteiger partial charge in [-0.05, 0) is 42.0 Å². The predicted molar refractivity (Wildman–Crippen MR) is 65.1 cm³/mol. The lowest BCUT2D eigenvalue weighted by Crippen LogP contribution is -1.96. The summed E-state index contributed by atoms with van der Waals surface area (Å²) in [7, 11) is 0. The van der Waals surface area contributed by atoms with E-state index in [1.807, 2.05) is 0 Å². The Bertz CT molecular complexity index is 335. The molecule has 0 aliphatic heterocycles. The highest BCUT2D eigenvalue weighted by Gasteiger charge is 2.18. The van der Waals surface area contributed by atoms with Crippen molar-refractivity contribution in [2.45, 2.75) is 25.7 Å². The van der Waals surface area contributed by atoms with Crippen LogP contribution in [0.1, 0.15) is 31.2 Å². The van der Waals surface area contributed by atoms with Crippen molar-refractivity contribution in [3.8, 4) is 0 Å². The molecule has 0 radical (unpaired) electrons. The van der Waals surface area contributed by atoms with Gasteiger partial charge >= 0.3 is 0 Å². The number of rotatable bonds is 2. The third-order valence-electron chi connectivity index (χ3n) is 3.04. The van der Waals surface area contributed by atoms with E-state index in [4.69, 9.17) is 0 Å². The second-order valence-electron chi connectivity index (χ2n) is 4.02. The van der Waals surface area contributed by atoms with Gasteiger partial charge in [-0.1, -0.05) is 47.5 Å². The third-order valence-corrected chi connectivity index (χ3v) is 3.54. The lowest BCUT2D eigenvalue weighted by atomic mass is 9.93. The van der Waals surface area contributed by atoms with Crippen LogP contribution < -0.4 is 0 Å². The Morgan fingerprint density at radius 2 is 2.00 bits per heavy atom. The van der Waals surface area contributed by atoms with E-state index in [1.165, 1.54) is 36.8 Å². The van der Waals surface area contributed by atoms with Gasteiger partial charge in [0.25, 0.3) is 0 Å². The minimum Gasteiger partial charge on any atom is -0.0950 e. The molecule has 1 aliphatic carbocycles. The van der Waals surface area contributed by atoms with Crippen LogP contribution in [0.3, 0.4) is 0 Å². The van der Waals surface area contributed by atoms with Crippen LogP contribution in [0.5, 0.6) is 0 Å². The summed E-state index contributed by atoms with van der Waals surface area (Å²) in [6, 6.07) is 8.47. The molecule has 14 heavy (non-hydrogen) atoms. The van der Waals surface area contributed by atoms with Crippen molar-refractivity contribution in [3.05, 3.63) is 40.9 Å². The van der Waals surface area contributed by atoms with Crippen molar-refractivity contribution in [1.82, 2.24) is 0 Å². The Morgan fingerprint density at radius 3 is 2.64 bits per heavy atom. The molecule has 0 unspecified atom stereocenters. The molecule has 0 atom stereocenters. The monoisotopic (exact) mass is 250 g/mol. The molecule has 0 N–H and O–H groups in total. The van der Waals surface area contributed by atoms with E-state index in [1.54, 1.807) is 0 Å². The van der Waals surface area contributed by atoms with Crippen LogP contribution in [0.15, 0.2) is 35.3 Å². The molecule has 1 fully saturated rings. The van der Waals surface area contributed by atoms with Crippen molar-refractivity contribution in [3.63, 3.8) is 0 Å². The summed E-state index contributed by atoms with van der Waals surface area (Å²) in [5, 5.41) is 0. The normalized spacial score (nSPS) is 17.2. The van der Waals surface area contributed by atoms with Crippen molar-refractivity contribution in [2.75, 3.05) is 0 Å². The highest BCUT2D eigenvalue weighted by molar-refractivity contribution is 9.10. The van der Waals surface area contributed by atoms with Gasteiger partial charge in [0.2, 0.25) is 0 Å². The number of benzene rings is 1. The minimum atomic E-state index is 0.726. The Balaban J connectivity index is 2.17. The molecule has 0 heterocycles. The molecule has 0 saturated heterocycles. The molecule has 0 nitrogen and oxygen atoms in total. The van der Waals surface area contributed by atoms with E-state index >= 15 is 0 Å². The first kappa shape index (κ1) is 9.97. The Labute approximate surface area is 94.2 Å². The fourth-order valence-corrected chi connectivity index (χ4v) is 2.60. The van der Waals surface area contributed by atoms with E-state index in [0.717, 1.165) is 10.4 Å². The molecule has 0 amide bonds. The van der Waals surface area contributed by atoms with Crippen molar-refractivity contribution in [1.29, 1.82) is 0 Å². The zero-order valence-electron chi connectivity index (χ0n) is 8.30. The Morgan fingerprint density at radius 1 is 1.29 bits per heavy atom. The lowest BCUT2D eigenvalue weighted by Gasteiger charge is -2.13. The van der Waals surface area contributed by atoms with Crippen LogP contribution >= 0.6 is 15.9 Å². The molecule has 1 aromatic rings. The number of allylic oxidation sites excluding steroid dienone is 1. The van der Waals surface area contributed by atoms with Crippen molar-refractivity contribution < 1.29 is 0 Å². The SMILES string of the molecule is C=C(c1cccc(Br)c1)C1CCCC1. The molecule has 0 aromatic heterocycles. The van der Waals surface area contributed by atoms with Gasteiger partial charge in [-0.15, -0.1) is 0 Å². The van der Waals surface area contributed by atoms with Crippen LogP contribution in [0.2, 0.25) is 0 Å². The first-order chi connectivity index (χ1) is 6.77. The molecule has 74 valence electrons. The summed E-state index contributed by atoms with van der Waals surface area (Å²) in [5.41, 5.74) is 2.62. The van der Waals surface area contributed by atoms with E-state index in [-0.39, 0.29) is 0 Å². The molecular weight excluding hydrogens is 236 g/mol. The lowest BCUT2D eigenvalue weighted by molar-refractivity contribution is 0.707. The number of hydrogen-bond donors (Lipinski definition) is 0. The highest BCUT2D eigenvalue weighted by atomic mass is 79.9. The van der Waals surface area contributed by atoms with Gasteiger partial charge < -0.3 is 0 Å². The number of halogens is 1. The van der Waals surface area contributed by atoms with Crippen LogP contribution in [-0.2, 0) is 0 Å². The molecule has 1 aliphatic rings. The first-order valence-corrected chi connectivity index (χ1v) is 6.01. The molecule has 1 saturated carbocycles. The zero-order valence-corrected chi connectivity index (χ0v) is 9.89. The van der Waals surface area contributed by atoms with Gasteiger partial charge in [-0.25, -0.2) is 0 Å². The van der Waals surface area contributed by atoms with Gasteiger partial charge in [0.05, 0.1) is 0 Å². The molecule has 2 rings (SSSR count). The third kappa shape index (κ3) is 2.09. The molecule has 0 spiro atoms. The maximum atomic E-state index is 4.23. The van der Waals surface area contributed by atoms with Crippen LogP contribution in [0.4, 0.5) is 0 Å². The Hall–Kier alpha value is -0.560. The maximum Gasteiger partial charge on any atom is 0.0181 e. The van der Waals surface area contributed by atoms with Crippen LogP contribution in [0.25, 0.3) is 5.57 Å². The van der Waals surface area contributed by atoms with E-state index < -0.39 is 0 Å². The first-order valence-electron chi connectivity index (χ1n) is 5.22. The average Bonchev–Trinajstić information content (AvgIpc) is 2.69. The fourth-order valence-electron chi connectivity index (χ4n) is 2.20. The van der Waals surface area contributed by atoms with E-state index in [0.29, 0.717) is 0 Å². The fraction of sp³-hybridized carbons (Fsp3) is 0.385. The highest BCUT2D eigenvalue weighted by Crippen LogP contribution is 2.35. The predicted octanol–water partition coefficient (Wildman–Crippen LogP) is 4.65. The average molecular weight is 251 g/mol. The summed E-state index contributed by atoms with van der Waals surface area (Å²) in [6.45, 7) is 4.23. The maximum absolute atomic E-state index is 4.23. The summed E-state index contributed by atoms with van der Waals surface area (Å²) in [4.78, 5) is 0. The van der Waals surface area contributed by atoms with Gasteiger partial charge in [0, 0.05) is 4.47 Å². The zero-order chi connectivity index (χ0) is 9.97. The quantitative estimate of drug-likeness (QED) is 0.717. The Kier molecular flexibility index (Phi) is 3.07. The molecule has 0 bridgehead atoms. The van der Waals surface area contributed by atoms with E-state index in [2.05, 4.69) is 46.8 Å². The second-order valence-corrected chi connectivity index (χ2v) is 4.93. The second kappa shape index (κ2) is 4.31. The van der Waals surface area contributed by atoms with E-state index in [9.17, 15) is 0 Å². The van der Waals surface area contributed by atoms with Gasteiger partial charge in [0.15, 0.2) is 0 Å². The smallest absolute Gasteiger partial charge is 0.0181 e. The summed E-state index contributed by atoms with van der Waals surface area (Å²) in [6.07, 6.45) is 5.39. The topological polar surface area (TPSA) is 0 Å². The van der Waals surface area contributed by atoms with Gasteiger partial charge in [-0.2, -0.15) is 0 Å². The van der Waals surface area contributed by atoms with Crippen LogP contribution in [-0.4, -0.2) is 0 Å². The summed E-state index contributed by atoms with van der Waals surface area (Å²) in [5.74, 6) is 0.726. The minimum absolute atomic E-state index is 0.726. The van der Waals surface area contributed by atoms with Crippen LogP contribution in [0, 0.1) is 5.92 Å². The van der Waals surface area contributed by atoms with Crippen molar-refractivity contribution in [2.24, 2.45) is 5.92 Å². The number of hydrogen-bond acceptors (Lipinski definition) is 0. The molecule has 1 heteroatoms. The summed E-state index contributed by atoms with van der Waals surface area (Å²) < 4.78 is 1.15. The largest absolute Gasteiger partial charge is 0.0950 e. The van der Waals surface area contributed by atoms with Gasteiger partial charge in [-0.3, -0.25) is 0 Å². The molecule has 1 aromatic carbocycles.